The van der Waals surface area contributed by atoms with Crippen molar-refractivity contribution in [3.8, 4) is 0 Å². The molecule has 9 heteroatoms. The molecule has 4 rings (SSSR count). The third kappa shape index (κ3) is 4.51. The SMILES string of the molecule is CC(=O)c1ccc(NC(=O)C(C)n2cnc3sc(C(=O)Nc4ccccc4)c(C)c3c2=O)cc1. The number of nitrogens with one attached hydrogen (secondary N) is 2. The number of rotatable bonds is 6. The minimum Gasteiger partial charge on any atom is -0.324 e. The standard InChI is InChI=1S/C25H22N4O4S/c1-14-20-24(34-21(14)23(32)28-18-7-5-4-6-8-18)26-13-29(25(20)33)15(2)22(31)27-19-11-9-17(10-12-19)16(3)30/h4-13,15H,1-3H3,(H,27,31)(H,28,32). The molecule has 2 aromatic carbocycles. The maximum absolute atomic E-state index is 13.2. The quantitative estimate of drug-likeness (QED) is 0.402. The number of ketones is 1. The van der Waals surface area contributed by atoms with E-state index in [-0.39, 0.29) is 11.7 Å². The van der Waals surface area contributed by atoms with Crippen LogP contribution in [0, 0.1) is 6.92 Å². The van der Waals surface area contributed by atoms with E-state index in [1.54, 1.807) is 50.2 Å². The lowest BCUT2D eigenvalue weighted by Crippen LogP contribution is -2.31. The minimum absolute atomic E-state index is 0.0693. The van der Waals surface area contributed by atoms with E-state index in [9.17, 15) is 19.2 Å². The molecule has 0 aliphatic heterocycles. The molecule has 2 aromatic heterocycles. The Balaban J connectivity index is 1.59. The molecule has 8 nitrogen and oxygen atoms in total. The third-order valence-corrected chi connectivity index (χ3v) is 6.67. The predicted molar refractivity (Wildman–Crippen MR) is 133 cm³/mol. The molecule has 172 valence electrons. The molecule has 0 aliphatic carbocycles. The first-order valence-corrected chi connectivity index (χ1v) is 11.4. The number of amides is 2. The summed E-state index contributed by atoms with van der Waals surface area (Å²) >= 11 is 1.14. The van der Waals surface area contributed by atoms with Gasteiger partial charge in [0.2, 0.25) is 5.91 Å². The Bertz CT molecular complexity index is 1460. The van der Waals surface area contributed by atoms with Gasteiger partial charge in [-0.3, -0.25) is 23.7 Å². The van der Waals surface area contributed by atoms with Gasteiger partial charge in [0.25, 0.3) is 11.5 Å². The summed E-state index contributed by atoms with van der Waals surface area (Å²) in [5.41, 5.74) is 1.82. The van der Waals surface area contributed by atoms with Crippen LogP contribution in [0.2, 0.25) is 0 Å². The van der Waals surface area contributed by atoms with E-state index < -0.39 is 17.5 Å². The fourth-order valence-electron chi connectivity index (χ4n) is 3.50. The number of para-hydroxylation sites is 1. The van der Waals surface area contributed by atoms with Crippen LogP contribution in [0.25, 0.3) is 10.2 Å². The molecule has 2 amide bonds. The first kappa shape index (κ1) is 23.1. The van der Waals surface area contributed by atoms with Crippen molar-refractivity contribution in [1.29, 1.82) is 0 Å². The Morgan fingerprint density at radius 2 is 1.62 bits per heavy atom. The molecule has 1 atom stereocenters. The van der Waals surface area contributed by atoms with Gasteiger partial charge in [0.15, 0.2) is 5.78 Å². The van der Waals surface area contributed by atoms with Crippen LogP contribution in [0.3, 0.4) is 0 Å². The van der Waals surface area contributed by atoms with Gasteiger partial charge < -0.3 is 10.6 Å². The largest absolute Gasteiger partial charge is 0.324 e. The zero-order valence-electron chi connectivity index (χ0n) is 18.8. The molecule has 0 saturated carbocycles. The first-order valence-electron chi connectivity index (χ1n) is 10.5. The summed E-state index contributed by atoms with van der Waals surface area (Å²) in [7, 11) is 0. The van der Waals surface area contributed by atoms with Crippen molar-refractivity contribution in [2.45, 2.75) is 26.8 Å². The van der Waals surface area contributed by atoms with Gasteiger partial charge in [-0.25, -0.2) is 4.98 Å². The predicted octanol–water partition coefficient (Wildman–Crippen LogP) is 4.42. The van der Waals surface area contributed by atoms with Gasteiger partial charge in [-0.05, 0) is 62.7 Å². The van der Waals surface area contributed by atoms with E-state index in [1.165, 1.54) is 17.8 Å². The number of nitrogens with zero attached hydrogens (tertiary/aromatic N) is 2. The highest BCUT2D eigenvalue weighted by Gasteiger charge is 2.23. The summed E-state index contributed by atoms with van der Waals surface area (Å²) in [5.74, 6) is -0.800. The van der Waals surface area contributed by atoms with E-state index >= 15 is 0 Å². The number of hydrogen-bond donors (Lipinski definition) is 2. The average Bonchev–Trinajstić information content (AvgIpc) is 3.17. The second-order valence-corrected chi connectivity index (χ2v) is 8.81. The monoisotopic (exact) mass is 474 g/mol. The lowest BCUT2D eigenvalue weighted by molar-refractivity contribution is -0.118. The summed E-state index contributed by atoms with van der Waals surface area (Å²) in [6.45, 7) is 4.76. The highest BCUT2D eigenvalue weighted by atomic mass is 32.1. The van der Waals surface area contributed by atoms with Crippen molar-refractivity contribution < 1.29 is 14.4 Å². The van der Waals surface area contributed by atoms with Crippen LogP contribution in [0.1, 0.15) is 45.5 Å². The maximum atomic E-state index is 13.2. The van der Waals surface area contributed by atoms with Crippen molar-refractivity contribution in [2.75, 3.05) is 10.6 Å². The van der Waals surface area contributed by atoms with Crippen LogP contribution in [0.5, 0.6) is 0 Å². The molecule has 0 saturated heterocycles. The van der Waals surface area contributed by atoms with E-state index in [4.69, 9.17) is 0 Å². The minimum atomic E-state index is -0.849. The fourth-order valence-corrected chi connectivity index (χ4v) is 4.53. The van der Waals surface area contributed by atoms with Gasteiger partial charge in [0, 0.05) is 16.9 Å². The average molecular weight is 475 g/mol. The molecule has 1 unspecified atom stereocenters. The number of thiophene rings is 1. The number of aromatic nitrogens is 2. The highest BCUT2D eigenvalue weighted by Crippen LogP contribution is 2.28. The van der Waals surface area contributed by atoms with Crippen LogP contribution in [0.15, 0.2) is 65.7 Å². The summed E-state index contributed by atoms with van der Waals surface area (Å²) in [6.07, 6.45) is 1.32. The number of anilines is 2. The number of benzene rings is 2. The lowest BCUT2D eigenvalue weighted by atomic mass is 10.1. The van der Waals surface area contributed by atoms with Gasteiger partial charge >= 0.3 is 0 Å². The zero-order valence-corrected chi connectivity index (χ0v) is 19.6. The van der Waals surface area contributed by atoms with Crippen molar-refractivity contribution in [3.63, 3.8) is 0 Å². The molecular formula is C25H22N4O4S. The Hall–Kier alpha value is -4.11. The summed E-state index contributed by atoms with van der Waals surface area (Å²) < 4.78 is 1.25. The van der Waals surface area contributed by atoms with Gasteiger partial charge in [-0.1, -0.05) is 18.2 Å². The normalized spacial score (nSPS) is 11.7. The number of carbonyl (C=O) groups excluding carboxylic acids is 3. The van der Waals surface area contributed by atoms with Gasteiger partial charge in [-0.2, -0.15) is 0 Å². The van der Waals surface area contributed by atoms with Crippen molar-refractivity contribution in [1.82, 2.24) is 9.55 Å². The Kier molecular flexibility index (Phi) is 6.38. The Morgan fingerprint density at radius 1 is 0.971 bits per heavy atom. The third-order valence-electron chi connectivity index (χ3n) is 5.47. The van der Waals surface area contributed by atoms with Crippen LogP contribution in [0.4, 0.5) is 11.4 Å². The van der Waals surface area contributed by atoms with Crippen molar-refractivity contribution >= 4 is 50.5 Å². The molecule has 0 spiro atoms. The molecule has 0 fully saturated rings. The Labute approximate surface area is 199 Å². The van der Waals surface area contributed by atoms with E-state index in [1.807, 2.05) is 18.2 Å². The van der Waals surface area contributed by atoms with Crippen LogP contribution >= 0.6 is 11.3 Å². The number of hydrogen-bond acceptors (Lipinski definition) is 6. The summed E-state index contributed by atoms with van der Waals surface area (Å²) in [5, 5.41) is 5.89. The van der Waals surface area contributed by atoms with Crippen molar-refractivity contribution in [3.05, 3.63) is 87.3 Å². The van der Waals surface area contributed by atoms with E-state index in [0.717, 1.165) is 11.3 Å². The topological polar surface area (TPSA) is 110 Å². The van der Waals surface area contributed by atoms with Crippen LogP contribution < -0.4 is 16.2 Å². The van der Waals surface area contributed by atoms with Gasteiger partial charge in [-0.15, -0.1) is 11.3 Å². The summed E-state index contributed by atoms with van der Waals surface area (Å²) in [6, 6.07) is 14.7. The molecule has 4 aromatic rings. The smallest absolute Gasteiger partial charge is 0.266 e. The number of carbonyl (C=O) groups is 3. The van der Waals surface area contributed by atoms with Gasteiger partial charge in [0.05, 0.1) is 16.6 Å². The van der Waals surface area contributed by atoms with E-state index in [2.05, 4.69) is 15.6 Å². The highest BCUT2D eigenvalue weighted by molar-refractivity contribution is 7.20. The number of aryl methyl sites for hydroxylation is 1. The lowest BCUT2D eigenvalue weighted by Gasteiger charge is -2.15. The van der Waals surface area contributed by atoms with Crippen LogP contribution in [-0.4, -0.2) is 27.1 Å². The molecule has 2 heterocycles. The molecule has 34 heavy (non-hydrogen) atoms. The van der Waals surface area contributed by atoms with Gasteiger partial charge in [0.1, 0.15) is 10.9 Å². The molecular weight excluding hydrogens is 452 g/mol. The Morgan fingerprint density at radius 3 is 2.26 bits per heavy atom. The second kappa shape index (κ2) is 9.40. The van der Waals surface area contributed by atoms with E-state index in [0.29, 0.717) is 37.6 Å². The first-order chi connectivity index (χ1) is 16.3. The second-order valence-electron chi connectivity index (χ2n) is 7.81. The summed E-state index contributed by atoms with van der Waals surface area (Å²) in [4.78, 5) is 55.4. The van der Waals surface area contributed by atoms with Crippen LogP contribution in [-0.2, 0) is 4.79 Å². The maximum Gasteiger partial charge on any atom is 0.266 e. The number of Topliss-reactive ketones (excluding diaryl/α,β-unsaturated/α-hetero) is 1. The molecule has 0 bridgehead atoms. The zero-order chi connectivity index (χ0) is 24.4. The molecule has 0 aliphatic rings. The fraction of sp³-hybridized carbons (Fsp3) is 0.160. The number of fused-ring (bicyclic) bond motifs is 1. The van der Waals surface area contributed by atoms with Crippen molar-refractivity contribution in [2.24, 2.45) is 0 Å². The molecule has 0 radical (unpaired) electrons. The molecule has 2 N–H and O–H groups in total.